The minimum atomic E-state index is 0.124. The number of nitrogens with zero attached hydrogens (tertiary/aromatic N) is 1. The van der Waals surface area contributed by atoms with Crippen molar-refractivity contribution in [3.8, 4) is 0 Å². The molecular weight excluding hydrogens is 176 g/mol. The summed E-state index contributed by atoms with van der Waals surface area (Å²) in [6, 6.07) is 0. The van der Waals surface area contributed by atoms with Gasteiger partial charge in [-0.2, -0.15) is 0 Å². The second kappa shape index (κ2) is 2.83. The fourth-order valence-electron chi connectivity index (χ4n) is 3.48. The maximum Gasteiger partial charge on any atom is 0.236 e. The van der Waals surface area contributed by atoms with Crippen molar-refractivity contribution in [3.63, 3.8) is 0 Å². The topological polar surface area (TPSA) is 46.3 Å². The van der Waals surface area contributed by atoms with E-state index < -0.39 is 0 Å². The van der Waals surface area contributed by atoms with Gasteiger partial charge in [0, 0.05) is 13.1 Å². The smallest absolute Gasteiger partial charge is 0.236 e. The van der Waals surface area contributed by atoms with Crippen LogP contribution < -0.4 is 5.73 Å². The predicted octanol–water partition coefficient (Wildman–Crippen LogP) is 0.226. The molecular formula is C11H16N2O. The highest BCUT2D eigenvalue weighted by Crippen LogP contribution is 2.51. The van der Waals surface area contributed by atoms with Crippen LogP contribution in [0.3, 0.4) is 0 Å². The van der Waals surface area contributed by atoms with Gasteiger partial charge in [0.1, 0.15) is 0 Å². The molecule has 2 bridgehead atoms. The zero-order valence-corrected chi connectivity index (χ0v) is 8.23. The number of carbonyl (C=O) groups excluding carboxylic acids is 1. The maximum atomic E-state index is 11.5. The first-order chi connectivity index (χ1) is 6.79. The fourth-order valence-corrected chi connectivity index (χ4v) is 3.48. The molecule has 0 aromatic heterocycles. The van der Waals surface area contributed by atoms with E-state index in [2.05, 4.69) is 12.2 Å². The lowest BCUT2D eigenvalue weighted by Crippen LogP contribution is -2.35. The molecule has 3 heteroatoms. The molecule has 4 atom stereocenters. The Morgan fingerprint density at radius 3 is 2.36 bits per heavy atom. The Bertz CT molecular complexity index is 280. The predicted molar refractivity (Wildman–Crippen MR) is 53.4 cm³/mol. The zero-order chi connectivity index (χ0) is 9.71. The van der Waals surface area contributed by atoms with Crippen LogP contribution in [0, 0.1) is 23.7 Å². The van der Waals surface area contributed by atoms with Gasteiger partial charge in [-0.1, -0.05) is 12.2 Å². The Hall–Kier alpha value is -0.830. The molecule has 3 rings (SSSR count). The van der Waals surface area contributed by atoms with Crippen LogP contribution in [0.25, 0.3) is 0 Å². The normalized spacial score (nSPS) is 43.4. The standard InChI is InChI=1S/C11H16N2O/c12-4-11(14)13-5-9-7-1-2-8(3-7)10(9)6-13/h1-2,7-10H,3-6,12H2/t7?,8?,9-,10+. The Kier molecular flexibility index (Phi) is 1.71. The van der Waals surface area contributed by atoms with E-state index in [0.717, 1.165) is 36.8 Å². The molecule has 2 aliphatic carbocycles. The second-order valence-electron chi connectivity index (χ2n) is 4.78. The van der Waals surface area contributed by atoms with Gasteiger partial charge in [-0.05, 0) is 30.1 Å². The van der Waals surface area contributed by atoms with Gasteiger partial charge in [-0.25, -0.2) is 0 Å². The molecule has 0 aromatic rings. The summed E-state index contributed by atoms with van der Waals surface area (Å²) in [5.74, 6) is 3.10. The number of likely N-dealkylation sites (tertiary alicyclic amines) is 1. The lowest BCUT2D eigenvalue weighted by atomic mass is 9.86. The molecule has 76 valence electrons. The molecule has 1 amide bonds. The van der Waals surface area contributed by atoms with Gasteiger partial charge in [0.2, 0.25) is 5.91 Å². The van der Waals surface area contributed by atoms with Gasteiger partial charge in [-0.3, -0.25) is 4.79 Å². The molecule has 2 N–H and O–H groups in total. The second-order valence-corrected chi connectivity index (χ2v) is 4.78. The molecule has 2 unspecified atom stereocenters. The summed E-state index contributed by atoms with van der Waals surface area (Å²) in [7, 11) is 0. The molecule has 1 saturated heterocycles. The zero-order valence-electron chi connectivity index (χ0n) is 8.23. The lowest BCUT2D eigenvalue weighted by molar-refractivity contribution is -0.129. The van der Waals surface area contributed by atoms with Gasteiger partial charge in [0.15, 0.2) is 0 Å². The van der Waals surface area contributed by atoms with E-state index in [1.807, 2.05) is 4.90 Å². The van der Waals surface area contributed by atoms with Crippen molar-refractivity contribution in [2.75, 3.05) is 19.6 Å². The van der Waals surface area contributed by atoms with Crippen molar-refractivity contribution < 1.29 is 4.79 Å². The fraction of sp³-hybridized carbons (Fsp3) is 0.727. The number of fused-ring (bicyclic) bond motifs is 5. The minimum Gasteiger partial charge on any atom is -0.341 e. The van der Waals surface area contributed by atoms with Gasteiger partial charge in [-0.15, -0.1) is 0 Å². The summed E-state index contributed by atoms with van der Waals surface area (Å²) >= 11 is 0. The highest BCUT2D eigenvalue weighted by Gasteiger charge is 2.49. The molecule has 3 aliphatic rings. The van der Waals surface area contributed by atoms with E-state index >= 15 is 0 Å². The van der Waals surface area contributed by atoms with Crippen molar-refractivity contribution in [1.29, 1.82) is 0 Å². The molecule has 1 heterocycles. The van der Waals surface area contributed by atoms with E-state index in [9.17, 15) is 4.79 Å². The number of allylic oxidation sites excluding steroid dienone is 2. The van der Waals surface area contributed by atoms with Gasteiger partial charge < -0.3 is 10.6 Å². The number of carbonyl (C=O) groups is 1. The Labute approximate surface area is 83.9 Å². The Morgan fingerprint density at radius 2 is 1.86 bits per heavy atom. The molecule has 14 heavy (non-hydrogen) atoms. The Morgan fingerprint density at radius 1 is 1.29 bits per heavy atom. The first-order valence-electron chi connectivity index (χ1n) is 5.45. The highest BCUT2D eigenvalue weighted by atomic mass is 16.2. The van der Waals surface area contributed by atoms with Crippen LogP contribution in [0.15, 0.2) is 12.2 Å². The van der Waals surface area contributed by atoms with Crippen molar-refractivity contribution >= 4 is 5.91 Å². The number of amides is 1. The first kappa shape index (κ1) is 8.48. The van der Waals surface area contributed by atoms with Crippen LogP contribution in [0.2, 0.25) is 0 Å². The quantitative estimate of drug-likeness (QED) is 0.604. The number of hydrogen-bond acceptors (Lipinski definition) is 2. The van der Waals surface area contributed by atoms with Crippen molar-refractivity contribution in [1.82, 2.24) is 4.90 Å². The summed E-state index contributed by atoms with van der Waals surface area (Å²) in [6.45, 7) is 2.07. The van der Waals surface area contributed by atoms with Crippen LogP contribution in [0.1, 0.15) is 6.42 Å². The van der Waals surface area contributed by atoms with Crippen molar-refractivity contribution in [2.45, 2.75) is 6.42 Å². The van der Waals surface area contributed by atoms with Crippen LogP contribution in [0.4, 0.5) is 0 Å². The SMILES string of the molecule is NCC(=O)N1C[C@@H]2C3C=CC(C3)[C@@H]2C1. The van der Waals surface area contributed by atoms with Crippen LogP contribution in [-0.2, 0) is 4.79 Å². The third-order valence-electron chi connectivity index (χ3n) is 4.19. The summed E-state index contributed by atoms with van der Waals surface area (Å²) < 4.78 is 0. The van der Waals surface area contributed by atoms with E-state index in [1.54, 1.807) is 0 Å². The highest BCUT2D eigenvalue weighted by molar-refractivity contribution is 5.78. The average molecular weight is 192 g/mol. The largest absolute Gasteiger partial charge is 0.341 e. The van der Waals surface area contributed by atoms with Gasteiger partial charge in [0.25, 0.3) is 0 Å². The van der Waals surface area contributed by atoms with Crippen molar-refractivity contribution in [3.05, 3.63) is 12.2 Å². The third kappa shape index (κ3) is 0.989. The third-order valence-corrected chi connectivity index (χ3v) is 4.19. The summed E-state index contributed by atoms with van der Waals surface area (Å²) in [5.41, 5.74) is 5.38. The van der Waals surface area contributed by atoms with E-state index in [1.165, 1.54) is 6.42 Å². The molecule has 1 aliphatic heterocycles. The molecule has 0 spiro atoms. The molecule has 0 aromatic carbocycles. The Balaban J connectivity index is 1.76. The minimum absolute atomic E-state index is 0.124. The lowest BCUT2D eigenvalue weighted by Gasteiger charge is -2.17. The van der Waals surface area contributed by atoms with E-state index in [4.69, 9.17) is 5.73 Å². The van der Waals surface area contributed by atoms with Gasteiger partial charge in [0.05, 0.1) is 6.54 Å². The number of nitrogens with two attached hydrogens (primary N) is 1. The van der Waals surface area contributed by atoms with Crippen LogP contribution >= 0.6 is 0 Å². The van der Waals surface area contributed by atoms with E-state index in [0.29, 0.717) is 0 Å². The van der Waals surface area contributed by atoms with Crippen molar-refractivity contribution in [2.24, 2.45) is 29.4 Å². The van der Waals surface area contributed by atoms with Crippen LogP contribution in [0.5, 0.6) is 0 Å². The van der Waals surface area contributed by atoms with Crippen LogP contribution in [-0.4, -0.2) is 30.4 Å². The molecule has 0 radical (unpaired) electrons. The van der Waals surface area contributed by atoms with E-state index in [-0.39, 0.29) is 12.5 Å². The molecule has 2 fully saturated rings. The summed E-state index contributed by atoms with van der Waals surface area (Å²) in [6.07, 6.45) is 6.03. The maximum absolute atomic E-state index is 11.5. The summed E-state index contributed by atoms with van der Waals surface area (Å²) in [4.78, 5) is 13.4. The summed E-state index contributed by atoms with van der Waals surface area (Å²) in [5, 5.41) is 0. The molecule has 3 nitrogen and oxygen atoms in total. The van der Waals surface area contributed by atoms with Gasteiger partial charge >= 0.3 is 0 Å². The molecule has 1 saturated carbocycles. The first-order valence-corrected chi connectivity index (χ1v) is 5.45. The number of rotatable bonds is 1. The number of hydrogen-bond donors (Lipinski definition) is 1. The monoisotopic (exact) mass is 192 g/mol. The average Bonchev–Trinajstić information content (AvgIpc) is 2.87.